The minimum atomic E-state index is -4.33. The molecule has 0 radical (unpaired) electrons. The van der Waals surface area contributed by atoms with Gasteiger partial charge in [-0.3, -0.25) is 0 Å². The average Bonchev–Trinajstić information content (AvgIpc) is 2.49. The minimum absolute atomic E-state index is 0.493. The largest absolute Gasteiger partial charge is 0.411 e. The van der Waals surface area contributed by atoms with E-state index in [0.29, 0.717) is 4.88 Å². The van der Waals surface area contributed by atoms with E-state index in [1.54, 1.807) is 19.1 Å². The maximum absolute atomic E-state index is 12.0. The van der Waals surface area contributed by atoms with Gasteiger partial charge in [-0.05, 0) is 35.0 Å². The van der Waals surface area contributed by atoms with Crippen molar-refractivity contribution in [3.8, 4) is 0 Å². The van der Waals surface area contributed by atoms with E-state index in [1.165, 1.54) is 11.3 Å². The Hall–Kier alpha value is -0.110. The standard InChI is InChI=1S/C9H11BrF3NOS/c1-5(14)8(15-4-9(11,12)13)6-2-3-7(10)16-6/h2-3,5,8H,4,14H2,1H3. The Bertz CT molecular complexity index is 340. The number of nitrogens with two attached hydrogens (primary N) is 1. The van der Waals surface area contributed by atoms with Gasteiger partial charge in [0.25, 0.3) is 0 Å². The molecule has 2 atom stereocenters. The van der Waals surface area contributed by atoms with Crippen LogP contribution in [0.3, 0.4) is 0 Å². The van der Waals surface area contributed by atoms with Gasteiger partial charge in [0.05, 0.1) is 3.79 Å². The van der Waals surface area contributed by atoms with Crippen molar-refractivity contribution in [2.75, 3.05) is 6.61 Å². The molecule has 2 N–H and O–H groups in total. The van der Waals surface area contributed by atoms with Crippen molar-refractivity contribution in [1.82, 2.24) is 0 Å². The highest BCUT2D eigenvalue weighted by atomic mass is 79.9. The first-order valence-electron chi connectivity index (χ1n) is 4.49. The summed E-state index contributed by atoms with van der Waals surface area (Å²) in [6.07, 6.45) is -5.06. The molecule has 0 spiro atoms. The predicted octanol–water partition coefficient (Wildman–Crippen LogP) is 3.48. The zero-order valence-corrected chi connectivity index (χ0v) is 10.8. The summed E-state index contributed by atoms with van der Waals surface area (Å²) in [5.41, 5.74) is 5.61. The molecule has 0 aliphatic heterocycles. The third kappa shape index (κ3) is 4.40. The molecule has 1 aromatic rings. The molecule has 0 aliphatic rings. The summed E-state index contributed by atoms with van der Waals surface area (Å²) in [5.74, 6) is 0. The fourth-order valence-corrected chi connectivity index (χ4v) is 2.75. The van der Waals surface area contributed by atoms with Gasteiger partial charge in [-0.15, -0.1) is 11.3 Å². The Morgan fingerprint density at radius 2 is 2.12 bits per heavy atom. The van der Waals surface area contributed by atoms with Gasteiger partial charge in [0.15, 0.2) is 0 Å². The van der Waals surface area contributed by atoms with E-state index >= 15 is 0 Å². The molecule has 0 aromatic carbocycles. The molecule has 2 unspecified atom stereocenters. The highest BCUT2D eigenvalue weighted by molar-refractivity contribution is 9.11. The van der Waals surface area contributed by atoms with Crippen LogP contribution in [0, 0.1) is 0 Å². The van der Waals surface area contributed by atoms with Crippen LogP contribution < -0.4 is 5.73 Å². The Labute approximate surface area is 104 Å². The minimum Gasteiger partial charge on any atom is -0.362 e. The van der Waals surface area contributed by atoms with Crippen LogP contribution in [0.4, 0.5) is 13.2 Å². The van der Waals surface area contributed by atoms with Crippen LogP contribution in [0.25, 0.3) is 0 Å². The zero-order valence-electron chi connectivity index (χ0n) is 8.42. The van der Waals surface area contributed by atoms with Crippen molar-refractivity contribution in [3.63, 3.8) is 0 Å². The summed E-state index contributed by atoms with van der Waals surface area (Å²) >= 11 is 4.56. The molecule has 0 aliphatic carbocycles. The second kappa shape index (κ2) is 5.48. The second-order valence-electron chi connectivity index (χ2n) is 3.35. The lowest BCUT2D eigenvalue weighted by Crippen LogP contribution is -2.29. The summed E-state index contributed by atoms with van der Waals surface area (Å²) in [6, 6.07) is 2.97. The van der Waals surface area contributed by atoms with Crippen LogP contribution in [-0.4, -0.2) is 18.8 Å². The van der Waals surface area contributed by atoms with Gasteiger partial charge in [0.1, 0.15) is 12.7 Å². The van der Waals surface area contributed by atoms with E-state index in [4.69, 9.17) is 10.5 Å². The van der Waals surface area contributed by atoms with Crippen LogP contribution in [0.15, 0.2) is 15.9 Å². The van der Waals surface area contributed by atoms with E-state index < -0.39 is 24.9 Å². The average molecular weight is 318 g/mol. The Balaban J connectivity index is 2.69. The number of ether oxygens (including phenoxy) is 1. The zero-order chi connectivity index (χ0) is 12.3. The Morgan fingerprint density at radius 1 is 1.50 bits per heavy atom. The molecule has 0 saturated carbocycles. The molecule has 16 heavy (non-hydrogen) atoms. The van der Waals surface area contributed by atoms with Gasteiger partial charge >= 0.3 is 6.18 Å². The first-order chi connectivity index (χ1) is 7.29. The van der Waals surface area contributed by atoms with Crippen LogP contribution in [-0.2, 0) is 4.74 Å². The number of hydrogen-bond acceptors (Lipinski definition) is 3. The smallest absolute Gasteiger partial charge is 0.362 e. The van der Waals surface area contributed by atoms with Crippen LogP contribution in [0.1, 0.15) is 17.9 Å². The lowest BCUT2D eigenvalue weighted by Gasteiger charge is -2.20. The van der Waals surface area contributed by atoms with E-state index in [-0.39, 0.29) is 0 Å². The summed E-state index contributed by atoms with van der Waals surface area (Å²) in [4.78, 5) is 0.686. The fourth-order valence-electron chi connectivity index (χ4n) is 1.16. The molecule has 1 heterocycles. The SMILES string of the molecule is CC(N)C(OCC(F)(F)F)c1ccc(Br)s1. The van der Waals surface area contributed by atoms with Gasteiger partial charge in [-0.25, -0.2) is 0 Å². The lowest BCUT2D eigenvalue weighted by atomic mass is 10.1. The summed E-state index contributed by atoms with van der Waals surface area (Å²) in [7, 11) is 0. The fraction of sp³-hybridized carbons (Fsp3) is 0.556. The molecule has 92 valence electrons. The molecule has 0 bridgehead atoms. The highest BCUT2D eigenvalue weighted by Crippen LogP contribution is 2.32. The first kappa shape index (κ1) is 14.0. The molecular formula is C9H11BrF3NOS. The third-order valence-corrected chi connectivity index (χ3v) is 3.46. The van der Waals surface area contributed by atoms with E-state index in [1.807, 2.05) is 0 Å². The normalized spacial score (nSPS) is 16.1. The van der Waals surface area contributed by atoms with Crippen LogP contribution in [0.5, 0.6) is 0 Å². The molecule has 1 rings (SSSR count). The number of alkyl halides is 3. The lowest BCUT2D eigenvalue weighted by molar-refractivity contribution is -0.187. The van der Waals surface area contributed by atoms with Crippen molar-refractivity contribution in [1.29, 1.82) is 0 Å². The molecular weight excluding hydrogens is 307 g/mol. The van der Waals surface area contributed by atoms with Crippen molar-refractivity contribution in [3.05, 3.63) is 20.8 Å². The molecule has 7 heteroatoms. The Kier molecular flexibility index (Phi) is 4.78. The number of halogens is 4. The maximum atomic E-state index is 12.0. The van der Waals surface area contributed by atoms with Gasteiger partial charge in [0, 0.05) is 10.9 Å². The molecule has 0 fully saturated rings. The quantitative estimate of drug-likeness (QED) is 0.922. The summed E-state index contributed by atoms with van der Waals surface area (Å²) < 4.78 is 41.7. The molecule has 0 amide bonds. The van der Waals surface area contributed by atoms with Crippen LogP contribution >= 0.6 is 27.3 Å². The molecule has 0 saturated heterocycles. The highest BCUT2D eigenvalue weighted by Gasteiger charge is 2.31. The van der Waals surface area contributed by atoms with E-state index in [0.717, 1.165) is 3.79 Å². The van der Waals surface area contributed by atoms with Crippen LogP contribution in [0.2, 0.25) is 0 Å². The van der Waals surface area contributed by atoms with Gasteiger partial charge in [-0.2, -0.15) is 13.2 Å². The van der Waals surface area contributed by atoms with Crippen molar-refractivity contribution in [2.45, 2.75) is 25.2 Å². The Morgan fingerprint density at radius 3 is 2.50 bits per heavy atom. The first-order valence-corrected chi connectivity index (χ1v) is 6.09. The molecule has 2 nitrogen and oxygen atoms in total. The molecule has 1 aromatic heterocycles. The number of rotatable bonds is 4. The predicted molar refractivity (Wildman–Crippen MR) is 60.4 cm³/mol. The van der Waals surface area contributed by atoms with Crippen molar-refractivity contribution in [2.24, 2.45) is 5.73 Å². The van der Waals surface area contributed by atoms with E-state index in [9.17, 15) is 13.2 Å². The van der Waals surface area contributed by atoms with Gasteiger partial charge < -0.3 is 10.5 Å². The van der Waals surface area contributed by atoms with Crippen molar-refractivity contribution >= 4 is 27.3 Å². The van der Waals surface area contributed by atoms with Gasteiger partial charge in [0.2, 0.25) is 0 Å². The third-order valence-electron chi connectivity index (χ3n) is 1.78. The summed E-state index contributed by atoms with van der Waals surface area (Å²) in [5, 5.41) is 0. The number of hydrogen-bond donors (Lipinski definition) is 1. The summed E-state index contributed by atoms with van der Waals surface area (Å²) in [6.45, 7) is 0.337. The monoisotopic (exact) mass is 317 g/mol. The number of thiophene rings is 1. The van der Waals surface area contributed by atoms with Crippen molar-refractivity contribution < 1.29 is 17.9 Å². The topological polar surface area (TPSA) is 35.2 Å². The van der Waals surface area contributed by atoms with E-state index in [2.05, 4.69) is 15.9 Å². The van der Waals surface area contributed by atoms with Gasteiger partial charge in [-0.1, -0.05) is 0 Å². The maximum Gasteiger partial charge on any atom is 0.411 e. The second-order valence-corrected chi connectivity index (χ2v) is 5.84.